The van der Waals surface area contributed by atoms with E-state index in [1.54, 1.807) is 36.4 Å². The summed E-state index contributed by atoms with van der Waals surface area (Å²) < 4.78 is 42.9. The highest BCUT2D eigenvalue weighted by Crippen LogP contribution is 2.32. The van der Waals surface area contributed by atoms with E-state index in [0.29, 0.717) is 17.1 Å². The largest absolute Gasteiger partial charge is 0.493 e. The SMILES string of the molecule is COc1cccc(COc2ccccc2C(=O)OS(C)(=O)=O)c1OC. The standard InChI is InChI=1S/C17H18O7S/c1-21-15-10-6-7-12(16(15)22-2)11-23-14-9-5-4-8-13(14)17(18)24-25(3,19)20/h4-10H,11H2,1-3H3. The van der Waals surface area contributed by atoms with Gasteiger partial charge in [-0.05, 0) is 18.2 Å². The molecule has 0 fully saturated rings. The van der Waals surface area contributed by atoms with E-state index in [9.17, 15) is 13.2 Å². The number of methoxy groups -OCH3 is 2. The highest BCUT2D eigenvalue weighted by molar-refractivity contribution is 7.86. The first-order valence-corrected chi connectivity index (χ1v) is 9.03. The van der Waals surface area contributed by atoms with Gasteiger partial charge in [0.05, 0.1) is 20.5 Å². The number of carbonyl (C=O) groups excluding carboxylic acids is 1. The molecule has 0 aliphatic heterocycles. The summed E-state index contributed by atoms with van der Waals surface area (Å²) in [5.74, 6) is 0.256. The van der Waals surface area contributed by atoms with Crippen LogP contribution in [0.15, 0.2) is 42.5 Å². The predicted octanol–water partition coefficient (Wildman–Crippen LogP) is 2.40. The maximum Gasteiger partial charge on any atom is 0.357 e. The summed E-state index contributed by atoms with van der Waals surface area (Å²) >= 11 is 0. The van der Waals surface area contributed by atoms with E-state index < -0.39 is 16.1 Å². The number of rotatable bonds is 7. The molecule has 7 nitrogen and oxygen atoms in total. The van der Waals surface area contributed by atoms with Crippen LogP contribution in [0.2, 0.25) is 0 Å². The molecule has 0 saturated carbocycles. The first-order valence-electron chi connectivity index (χ1n) is 7.21. The van der Waals surface area contributed by atoms with Crippen LogP contribution in [0.1, 0.15) is 15.9 Å². The van der Waals surface area contributed by atoms with E-state index in [1.165, 1.54) is 20.3 Å². The van der Waals surface area contributed by atoms with E-state index >= 15 is 0 Å². The Morgan fingerprint density at radius 2 is 1.64 bits per heavy atom. The molecule has 0 atom stereocenters. The average Bonchev–Trinajstić information content (AvgIpc) is 2.58. The van der Waals surface area contributed by atoms with Crippen molar-refractivity contribution in [2.24, 2.45) is 0 Å². The van der Waals surface area contributed by atoms with Crippen LogP contribution in [0.25, 0.3) is 0 Å². The van der Waals surface area contributed by atoms with Gasteiger partial charge in [0, 0.05) is 5.56 Å². The molecule has 0 bridgehead atoms. The molecule has 134 valence electrons. The summed E-state index contributed by atoms with van der Waals surface area (Å²) in [5.41, 5.74) is 0.711. The topological polar surface area (TPSA) is 88.1 Å². The molecule has 0 spiro atoms. The third-order valence-electron chi connectivity index (χ3n) is 3.20. The average molecular weight is 366 g/mol. The van der Waals surface area contributed by atoms with Crippen LogP contribution >= 0.6 is 0 Å². The normalized spacial score (nSPS) is 10.8. The molecule has 2 rings (SSSR count). The van der Waals surface area contributed by atoms with Crippen LogP contribution in [0, 0.1) is 0 Å². The lowest BCUT2D eigenvalue weighted by Crippen LogP contribution is -2.13. The van der Waals surface area contributed by atoms with E-state index in [4.69, 9.17) is 14.2 Å². The van der Waals surface area contributed by atoms with Crippen LogP contribution in [0.5, 0.6) is 17.2 Å². The van der Waals surface area contributed by atoms with Crippen molar-refractivity contribution >= 4 is 16.1 Å². The second-order valence-corrected chi connectivity index (χ2v) is 6.59. The quantitative estimate of drug-likeness (QED) is 0.695. The van der Waals surface area contributed by atoms with Crippen LogP contribution in [-0.2, 0) is 20.9 Å². The molecular weight excluding hydrogens is 348 g/mol. The lowest BCUT2D eigenvalue weighted by molar-refractivity contribution is 0.0743. The van der Waals surface area contributed by atoms with Gasteiger partial charge < -0.3 is 18.4 Å². The third-order valence-corrected chi connectivity index (χ3v) is 3.66. The molecular formula is C17H18O7S. The van der Waals surface area contributed by atoms with E-state index in [2.05, 4.69) is 4.18 Å². The van der Waals surface area contributed by atoms with Crippen molar-refractivity contribution in [2.75, 3.05) is 20.5 Å². The molecule has 0 aliphatic rings. The minimum absolute atomic E-state index is 0.00906. The Balaban J connectivity index is 2.24. The zero-order valence-corrected chi connectivity index (χ0v) is 14.8. The molecule has 0 unspecified atom stereocenters. The summed E-state index contributed by atoms with van der Waals surface area (Å²) in [6, 6.07) is 11.5. The smallest absolute Gasteiger partial charge is 0.357 e. The second-order valence-electron chi connectivity index (χ2n) is 5.01. The summed E-state index contributed by atoms with van der Waals surface area (Å²) in [6.07, 6.45) is 0.801. The Kier molecular flexibility index (Phi) is 5.87. The Labute approximate surface area is 146 Å². The van der Waals surface area contributed by atoms with E-state index in [1.807, 2.05) is 0 Å². The first kappa shape index (κ1) is 18.6. The number of hydrogen-bond donors (Lipinski definition) is 0. The molecule has 0 heterocycles. The lowest BCUT2D eigenvalue weighted by Gasteiger charge is -2.14. The van der Waals surface area contributed by atoms with Crippen molar-refractivity contribution in [3.63, 3.8) is 0 Å². The highest BCUT2D eigenvalue weighted by Gasteiger charge is 2.19. The van der Waals surface area contributed by atoms with Gasteiger partial charge in [-0.1, -0.05) is 24.3 Å². The highest BCUT2D eigenvalue weighted by atomic mass is 32.2. The third kappa shape index (κ3) is 4.87. The van der Waals surface area contributed by atoms with Crippen molar-refractivity contribution in [1.29, 1.82) is 0 Å². The van der Waals surface area contributed by atoms with Gasteiger partial charge in [-0.25, -0.2) is 4.79 Å². The van der Waals surface area contributed by atoms with Crippen LogP contribution in [0.4, 0.5) is 0 Å². The van der Waals surface area contributed by atoms with Crippen molar-refractivity contribution in [3.05, 3.63) is 53.6 Å². The van der Waals surface area contributed by atoms with Gasteiger partial charge in [-0.3, -0.25) is 0 Å². The van der Waals surface area contributed by atoms with Crippen LogP contribution in [0.3, 0.4) is 0 Å². The van der Waals surface area contributed by atoms with Crippen molar-refractivity contribution < 1.29 is 31.6 Å². The molecule has 0 amide bonds. The Bertz CT molecular complexity index is 859. The van der Waals surface area contributed by atoms with Crippen molar-refractivity contribution in [2.45, 2.75) is 6.61 Å². The fraction of sp³-hybridized carbons (Fsp3) is 0.235. The Morgan fingerprint density at radius 3 is 2.28 bits per heavy atom. The van der Waals surface area contributed by atoms with Gasteiger partial charge in [-0.2, -0.15) is 8.42 Å². The maximum absolute atomic E-state index is 12.0. The molecule has 0 radical (unpaired) electrons. The van der Waals surface area contributed by atoms with Gasteiger partial charge in [0.25, 0.3) is 0 Å². The molecule has 0 N–H and O–H groups in total. The van der Waals surface area contributed by atoms with Gasteiger partial charge in [0.1, 0.15) is 17.9 Å². The summed E-state index contributed by atoms with van der Waals surface area (Å²) in [7, 11) is -0.877. The predicted molar refractivity (Wildman–Crippen MR) is 90.6 cm³/mol. The van der Waals surface area contributed by atoms with E-state index in [-0.39, 0.29) is 17.9 Å². The van der Waals surface area contributed by atoms with Gasteiger partial charge in [0.2, 0.25) is 0 Å². The minimum Gasteiger partial charge on any atom is -0.493 e. The molecule has 0 aliphatic carbocycles. The molecule has 2 aromatic carbocycles. The minimum atomic E-state index is -3.92. The van der Waals surface area contributed by atoms with Gasteiger partial charge in [0.15, 0.2) is 11.5 Å². The molecule has 25 heavy (non-hydrogen) atoms. The Hall–Kier alpha value is -2.74. The van der Waals surface area contributed by atoms with Crippen LogP contribution in [-0.4, -0.2) is 34.9 Å². The number of ether oxygens (including phenoxy) is 3. The van der Waals surface area contributed by atoms with Crippen LogP contribution < -0.4 is 14.2 Å². The monoisotopic (exact) mass is 366 g/mol. The lowest BCUT2D eigenvalue weighted by atomic mass is 10.2. The fourth-order valence-electron chi connectivity index (χ4n) is 2.17. The molecule has 8 heteroatoms. The zero-order valence-electron chi connectivity index (χ0n) is 14.0. The number of benzene rings is 2. The fourth-order valence-corrected chi connectivity index (χ4v) is 2.53. The number of para-hydroxylation sites is 2. The van der Waals surface area contributed by atoms with Gasteiger partial charge in [-0.15, -0.1) is 0 Å². The Morgan fingerprint density at radius 1 is 0.960 bits per heavy atom. The summed E-state index contributed by atoms with van der Waals surface area (Å²) in [6.45, 7) is 0.0868. The second kappa shape index (κ2) is 7.89. The molecule has 0 saturated heterocycles. The first-order chi connectivity index (χ1) is 11.9. The summed E-state index contributed by atoms with van der Waals surface area (Å²) in [5, 5.41) is 0. The van der Waals surface area contributed by atoms with Crippen molar-refractivity contribution in [1.82, 2.24) is 0 Å². The number of hydrogen-bond acceptors (Lipinski definition) is 7. The maximum atomic E-state index is 12.0. The summed E-state index contributed by atoms with van der Waals surface area (Å²) in [4.78, 5) is 12.0. The molecule has 2 aromatic rings. The van der Waals surface area contributed by atoms with Gasteiger partial charge >= 0.3 is 16.1 Å². The molecule has 0 aromatic heterocycles. The van der Waals surface area contributed by atoms with E-state index in [0.717, 1.165) is 6.26 Å². The number of carbonyl (C=O) groups is 1. The zero-order chi connectivity index (χ0) is 18.4. The van der Waals surface area contributed by atoms with Crippen molar-refractivity contribution in [3.8, 4) is 17.2 Å².